The molecule has 0 spiro atoms. The zero-order valence-electron chi connectivity index (χ0n) is 11.9. The topological polar surface area (TPSA) is 59.9 Å². The molecule has 2 heterocycles. The number of thiazole rings is 1. The van der Waals surface area contributed by atoms with Gasteiger partial charge in [-0.2, -0.15) is 0 Å². The predicted octanol–water partition coefficient (Wildman–Crippen LogP) is 3.67. The van der Waals surface area contributed by atoms with E-state index in [1.165, 1.54) is 11.3 Å². The number of rotatable bonds is 4. The first kappa shape index (κ1) is 14.9. The molecule has 0 unspecified atom stereocenters. The summed E-state index contributed by atoms with van der Waals surface area (Å²) in [7, 11) is -3.33. The molecule has 0 atom stereocenters. The molecule has 0 bridgehead atoms. The Morgan fingerprint density at radius 2 is 1.77 bits per heavy atom. The maximum absolute atomic E-state index is 12.2. The van der Waals surface area contributed by atoms with Gasteiger partial charge in [0.15, 0.2) is 0 Å². The zero-order valence-corrected chi connectivity index (χ0v) is 13.6. The van der Waals surface area contributed by atoms with Gasteiger partial charge in [-0.05, 0) is 6.07 Å². The Kier molecular flexibility index (Phi) is 4.04. The molecule has 0 radical (unpaired) electrons. The minimum Gasteiger partial charge on any atom is -0.264 e. The SMILES string of the molecule is CCS(=O)(=O)c1nc(-c2ccccc2)c(-c2cccnc2)s1. The van der Waals surface area contributed by atoms with Crippen LogP contribution in [0.4, 0.5) is 0 Å². The van der Waals surface area contributed by atoms with Crippen molar-refractivity contribution in [3.63, 3.8) is 0 Å². The molecule has 0 saturated carbocycles. The highest BCUT2D eigenvalue weighted by molar-refractivity contribution is 7.93. The number of aromatic nitrogens is 2. The summed E-state index contributed by atoms with van der Waals surface area (Å²) < 4.78 is 24.5. The van der Waals surface area contributed by atoms with Crippen LogP contribution in [0.25, 0.3) is 21.7 Å². The van der Waals surface area contributed by atoms with E-state index in [9.17, 15) is 8.42 Å². The summed E-state index contributed by atoms with van der Waals surface area (Å²) in [6.45, 7) is 1.63. The highest BCUT2D eigenvalue weighted by atomic mass is 32.2. The standard InChI is InChI=1S/C16H14N2O2S2/c1-2-22(19,20)16-18-14(12-7-4-3-5-8-12)15(21-16)13-9-6-10-17-11-13/h3-11H,2H2,1H3. The van der Waals surface area contributed by atoms with Crippen LogP contribution in [-0.2, 0) is 9.84 Å². The van der Waals surface area contributed by atoms with Crippen molar-refractivity contribution in [2.24, 2.45) is 0 Å². The normalized spacial score (nSPS) is 11.5. The molecule has 0 aliphatic heterocycles. The first-order chi connectivity index (χ1) is 10.6. The molecule has 0 amide bonds. The first-order valence-electron chi connectivity index (χ1n) is 6.81. The third-order valence-electron chi connectivity index (χ3n) is 3.22. The van der Waals surface area contributed by atoms with E-state index in [0.29, 0.717) is 5.69 Å². The smallest absolute Gasteiger partial charge is 0.210 e. The van der Waals surface area contributed by atoms with Crippen LogP contribution < -0.4 is 0 Å². The van der Waals surface area contributed by atoms with Crippen LogP contribution in [0.3, 0.4) is 0 Å². The molecule has 4 nitrogen and oxygen atoms in total. The van der Waals surface area contributed by atoms with Gasteiger partial charge < -0.3 is 0 Å². The van der Waals surface area contributed by atoms with E-state index in [1.807, 2.05) is 42.5 Å². The Bertz CT molecular complexity index is 816. The summed E-state index contributed by atoms with van der Waals surface area (Å²) in [5, 5.41) is 0. The molecule has 22 heavy (non-hydrogen) atoms. The molecule has 0 N–H and O–H groups in total. The second-order valence-corrected chi connectivity index (χ2v) is 8.12. The van der Waals surface area contributed by atoms with Crippen molar-refractivity contribution >= 4 is 21.2 Å². The van der Waals surface area contributed by atoms with Gasteiger partial charge >= 0.3 is 0 Å². The Balaban J connectivity index is 2.24. The highest BCUT2D eigenvalue weighted by Gasteiger charge is 2.22. The van der Waals surface area contributed by atoms with Crippen LogP contribution in [0.1, 0.15) is 6.92 Å². The van der Waals surface area contributed by atoms with Crippen molar-refractivity contribution in [3.8, 4) is 21.7 Å². The largest absolute Gasteiger partial charge is 0.264 e. The summed E-state index contributed by atoms with van der Waals surface area (Å²) in [6.07, 6.45) is 3.42. The fourth-order valence-corrected chi connectivity index (χ4v) is 4.44. The summed E-state index contributed by atoms with van der Waals surface area (Å²) in [5.41, 5.74) is 2.46. The number of benzene rings is 1. The Labute approximate surface area is 133 Å². The number of nitrogens with zero attached hydrogens (tertiary/aromatic N) is 2. The summed E-state index contributed by atoms with van der Waals surface area (Å²) in [5.74, 6) is 0.0429. The second kappa shape index (κ2) is 5.98. The Morgan fingerprint density at radius 1 is 1.05 bits per heavy atom. The maximum Gasteiger partial charge on any atom is 0.210 e. The zero-order chi connectivity index (χ0) is 15.6. The average Bonchev–Trinajstić information content (AvgIpc) is 3.02. The van der Waals surface area contributed by atoms with Crippen LogP contribution >= 0.6 is 11.3 Å². The van der Waals surface area contributed by atoms with Gasteiger partial charge in [0, 0.05) is 23.5 Å². The summed E-state index contributed by atoms with van der Waals surface area (Å²) in [6, 6.07) is 13.3. The van der Waals surface area contributed by atoms with E-state index in [0.717, 1.165) is 16.0 Å². The van der Waals surface area contributed by atoms with Gasteiger partial charge in [-0.1, -0.05) is 43.3 Å². The van der Waals surface area contributed by atoms with Crippen LogP contribution in [0.15, 0.2) is 59.2 Å². The number of hydrogen-bond acceptors (Lipinski definition) is 5. The fraction of sp³-hybridized carbons (Fsp3) is 0.125. The maximum atomic E-state index is 12.2. The number of pyridine rings is 1. The van der Waals surface area contributed by atoms with Gasteiger partial charge in [-0.25, -0.2) is 13.4 Å². The van der Waals surface area contributed by atoms with Crippen LogP contribution in [0.5, 0.6) is 0 Å². The van der Waals surface area contributed by atoms with Crippen molar-refractivity contribution in [1.29, 1.82) is 0 Å². The van der Waals surface area contributed by atoms with E-state index >= 15 is 0 Å². The van der Waals surface area contributed by atoms with E-state index in [1.54, 1.807) is 19.3 Å². The van der Waals surface area contributed by atoms with Crippen LogP contribution in [0, 0.1) is 0 Å². The molecule has 0 aliphatic rings. The quantitative estimate of drug-likeness (QED) is 0.732. The van der Waals surface area contributed by atoms with Gasteiger partial charge in [0.1, 0.15) is 0 Å². The molecule has 1 aromatic carbocycles. The molecule has 0 aliphatic carbocycles. The van der Waals surface area contributed by atoms with Crippen molar-refractivity contribution in [1.82, 2.24) is 9.97 Å². The fourth-order valence-electron chi connectivity index (χ4n) is 2.04. The minimum absolute atomic E-state index is 0.0429. The molecule has 0 fully saturated rings. The van der Waals surface area contributed by atoms with Crippen molar-refractivity contribution in [2.45, 2.75) is 11.3 Å². The molecule has 112 valence electrons. The minimum atomic E-state index is -3.33. The summed E-state index contributed by atoms with van der Waals surface area (Å²) >= 11 is 1.20. The Hall–Kier alpha value is -2.05. The number of hydrogen-bond donors (Lipinski definition) is 0. The molecular formula is C16H14N2O2S2. The van der Waals surface area contributed by atoms with Gasteiger partial charge in [-0.3, -0.25) is 4.98 Å². The third-order valence-corrected chi connectivity index (χ3v) is 6.52. The summed E-state index contributed by atoms with van der Waals surface area (Å²) in [4.78, 5) is 9.34. The van der Waals surface area contributed by atoms with Gasteiger partial charge in [0.2, 0.25) is 14.2 Å². The number of sulfone groups is 1. The van der Waals surface area contributed by atoms with Crippen LogP contribution in [0.2, 0.25) is 0 Å². The average molecular weight is 330 g/mol. The van der Waals surface area contributed by atoms with E-state index < -0.39 is 9.84 Å². The van der Waals surface area contributed by atoms with Gasteiger partial charge in [-0.15, -0.1) is 11.3 Å². The van der Waals surface area contributed by atoms with Crippen molar-refractivity contribution < 1.29 is 8.42 Å². The van der Waals surface area contributed by atoms with Crippen molar-refractivity contribution in [3.05, 3.63) is 54.9 Å². The lowest BCUT2D eigenvalue weighted by molar-refractivity contribution is 0.596. The third kappa shape index (κ3) is 2.80. The molecule has 6 heteroatoms. The molecule has 2 aromatic heterocycles. The lowest BCUT2D eigenvalue weighted by Gasteiger charge is -2.01. The first-order valence-corrected chi connectivity index (χ1v) is 9.28. The molecular weight excluding hydrogens is 316 g/mol. The molecule has 0 saturated heterocycles. The van der Waals surface area contributed by atoms with E-state index in [2.05, 4.69) is 9.97 Å². The van der Waals surface area contributed by atoms with E-state index in [-0.39, 0.29) is 10.1 Å². The van der Waals surface area contributed by atoms with E-state index in [4.69, 9.17) is 0 Å². The lowest BCUT2D eigenvalue weighted by atomic mass is 10.1. The predicted molar refractivity (Wildman–Crippen MR) is 88.5 cm³/mol. The van der Waals surface area contributed by atoms with Gasteiger partial charge in [0.25, 0.3) is 0 Å². The second-order valence-electron chi connectivity index (χ2n) is 4.67. The highest BCUT2D eigenvalue weighted by Crippen LogP contribution is 2.38. The molecule has 3 rings (SSSR count). The Morgan fingerprint density at radius 3 is 2.41 bits per heavy atom. The van der Waals surface area contributed by atoms with Crippen LogP contribution in [-0.4, -0.2) is 24.1 Å². The monoisotopic (exact) mass is 330 g/mol. The lowest BCUT2D eigenvalue weighted by Crippen LogP contribution is -2.02. The van der Waals surface area contributed by atoms with Gasteiger partial charge in [0.05, 0.1) is 16.3 Å². The molecule has 3 aromatic rings. The van der Waals surface area contributed by atoms with Crippen molar-refractivity contribution in [2.75, 3.05) is 5.75 Å².